The third kappa shape index (κ3) is 5.89. The van der Waals surface area contributed by atoms with Crippen molar-refractivity contribution < 1.29 is 45.7 Å². The van der Waals surface area contributed by atoms with Crippen molar-refractivity contribution in [3.05, 3.63) is 66.2 Å². The number of nitrogens with one attached hydrogen (secondary N) is 1. The number of fused-ring (bicyclic) bond motifs is 1. The molecule has 0 aliphatic rings. The number of carbonyl (C=O) groups is 1. The molecule has 39 heavy (non-hydrogen) atoms. The topological polar surface area (TPSA) is 128 Å². The molecule has 2 N–H and O–H groups in total. The van der Waals surface area contributed by atoms with Crippen molar-refractivity contribution in [2.75, 3.05) is 37.9 Å². The Morgan fingerprint density at radius 2 is 1.79 bits per heavy atom. The Morgan fingerprint density at radius 1 is 1.08 bits per heavy atom. The second-order valence-corrected chi connectivity index (χ2v) is 10.1. The van der Waals surface area contributed by atoms with Crippen LogP contribution in [0.5, 0.6) is 23.0 Å². The van der Waals surface area contributed by atoms with Gasteiger partial charge in [0.05, 0.1) is 37.6 Å². The highest BCUT2D eigenvalue weighted by Gasteiger charge is 2.26. The van der Waals surface area contributed by atoms with Crippen LogP contribution in [-0.4, -0.2) is 53.2 Å². The van der Waals surface area contributed by atoms with Crippen LogP contribution in [0.2, 0.25) is 0 Å². The van der Waals surface area contributed by atoms with Crippen LogP contribution in [0.15, 0.2) is 59.0 Å². The molecule has 1 amide bonds. The number of amides is 1. The average Bonchev–Trinajstić information content (AvgIpc) is 3.24. The summed E-state index contributed by atoms with van der Waals surface area (Å²) in [6, 6.07) is 11.9. The summed E-state index contributed by atoms with van der Waals surface area (Å²) in [5, 5.41) is 12.1. The number of hydrogen-bond donors (Lipinski definition) is 2. The summed E-state index contributed by atoms with van der Waals surface area (Å²) < 4.78 is 75.3. The van der Waals surface area contributed by atoms with E-state index in [1.54, 1.807) is 12.1 Å². The molecule has 1 aromatic heterocycles. The smallest absolute Gasteiger partial charge is 0.412 e. The van der Waals surface area contributed by atoms with Gasteiger partial charge in [0.2, 0.25) is 10.0 Å². The lowest BCUT2D eigenvalue weighted by molar-refractivity contribution is 0.203. The number of ether oxygens (including phenoxy) is 3. The van der Waals surface area contributed by atoms with E-state index in [2.05, 4.69) is 5.32 Å². The largest absolute Gasteiger partial charge is 0.495 e. The van der Waals surface area contributed by atoms with E-state index in [-0.39, 0.29) is 46.6 Å². The van der Waals surface area contributed by atoms with Gasteiger partial charge in [-0.25, -0.2) is 22.0 Å². The summed E-state index contributed by atoms with van der Waals surface area (Å²) in [5.74, 6) is -1.26. The SMILES string of the molecule is CNC(=O)Oc1c(-c2ccc(Oc3ccc(F)cc3F)cc2)oc2cc(N(CCO)S(C)(=O)=O)c(OC)cc12. The number of hydrogen-bond acceptors (Lipinski definition) is 8. The third-order valence-electron chi connectivity index (χ3n) is 5.55. The lowest BCUT2D eigenvalue weighted by Crippen LogP contribution is -2.32. The summed E-state index contributed by atoms with van der Waals surface area (Å²) >= 11 is 0. The molecule has 0 atom stereocenters. The number of aliphatic hydroxyl groups excluding tert-OH is 1. The van der Waals surface area contributed by atoms with E-state index < -0.39 is 34.4 Å². The van der Waals surface area contributed by atoms with Crippen molar-refractivity contribution in [3.8, 4) is 34.3 Å². The second kappa shape index (κ2) is 11.2. The number of aliphatic hydroxyl groups is 1. The van der Waals surface area contributed by atoms with Crippen molar-refractivity contribution in [2.24, 2.45) is 0 Å². The number of anilines is 1. The zero-order valence-electron chi connectivity index (χ0n) is 21.0. The molecule has 13 heteroatoms. The predicted molar refractivity (Wildman–Crippen MR) is 139 cm³/mol. The lowest BCUT2D eigenvalue weighted by atomic mass is 10.1. The van der Waals surface area contributed by atoms with Gasteiger partial charge in [-0.05, 0) is 42.5 Å². The number of sulfonamides is 1. The lowest BCUT2D eigenvalue weighted by Gasteiger charge is -2.23. The molecule has 0 spiro atoms. The molecule has 0 saturated heterocycles. The summed E-state index contributed by atoms with van der Waals surface area (Å²) in [4.78, 5) is 12.2. The molecule has 4 aromatic rings. The van der Waals surface area contributed by atoms with Crippen molar-refractivity contribution >= 4 is 32.8 Å². The first kappa shape index (κ1) is 27.7. The van der Waals surface area contributed by atoms with Crippen molar-refractivity contribution in [1.82, 2.24) is 5.32 Å². The molecule has 0 radical (unpaired) electrons. The molecule has 0 unspecified atom stereocenters. The molecule has 0 bridgehead atoms. The summed E-state index contributed by atoms with van der Waals surface area (Å²) in [7, 11) is -1.08. The van der Waals surface area contributed by atoms with Crippen molar-refractivity contribution in [2.45, 2.75) is 0 Å². The molecule has 0 saturated carbocycles. The Hall–Kier alpha value is -4.36. The highest BCUT2D eigenvalue weighted by atomic mass is 32.2. The number of rotatable bonds is 9. The van der Waals surface area contributed by atoms with Crippen LogP contribution in [0.25, 0.3) is 22.3 Å². The second-order valence-electron chi connectivity index (χ2n) is 8.18. The van der Waals surface area contributed by atoms with Gasteiger partial charge in [0, 0.05) is 24.7 Å². The summed E-state index contributed by atoms with van der Waals surface area (Å²) in [5.41, 5.74) is 0.714. The van der Waals surface area contributed by atoms with Crippen LogP contribution < -0.4 is 23.8 Å². The molecule has 4 rings (SSSR count). The molecule has 3 aromatic carbocycles. The Bertz CT molecular complexity index is 1620. The average molecular weight is 563 g/mol. The predicted octanol–water partition coefficient (Wildman–Crippen LogP) is 4.66. The van der Waals surface area contributed by atoms with Gasteiger partial charge in [-0.2, -0.15) is 0 Å². The van der Waals surface area contributed by atoms with Gasteiger partial charge >= 0.3 is 6.09 Å². The van der Waals surface area contributed by atoms with E-state index in [4.69, 9.17) is 18.6 Å². The minimum absolute atomic E-state index is 0.0283. The highest BCUT2D eigenvalue weighted by Crippen LogP contribution is 2.45. The first-order valence-corrected chi connectivity index (χ1v) is 13.3. The van der Waals surface area contributed by atoms with Gasteiger partial charge in [-0.15, -0.1) is 0 Å². The first-order chi connectivity index (χ1) is 18.5. The zero-order chi connectivity index (χ0) is 28.3. The maximum absolute atomic E-state index is 14.0. The maximum atomic E-state index is 14.0. The molecule has 0 aliphatic heterocycles. The Labute approximate surface area is 222 Å². The van der Waals surface area contributed by atoms with Crippen LogP contribution >= 0.6 is 0 Å². The fourth-order valence-electron chi connectivity index (χ4n) is 3.80. The monoisotopic (exact) mass is 562 g/mol. The van der Waals surface area contributed by atoms with E-state index in [1.807, 2.05) is 0 Å². The van der Waals surface area contributed by atoms with Crippen LogP contribution in [0.1, 0.15) is 0 Å². The molecule has 0 aliphatic carbocycles. The Morgan fingerprint density at radius 3 is 2.38 bits per heavy atom. The van der Waals surface area contributed by atoms with Crippen LogP contribution in [0, 0.1) is 11.6 Å². The minimum Gasteiger partial charge on any atom is -0.495 e. The van der Waals surface area contributed by atoms with Gasteiger partial charge in [-0.3, -0.25) is 4.31 Å². The van der Waals surface area contributed by atoms with Crippen molar-refractivity contribution in [3.63, 3.8) is 0 Å². The maximum Gasteiger partial charge on any atom is 0.412 e. The Kier molecular flexibility index (Phi) is 7.93. The van der Waals surface area contributed by atoms with Crippen molar-refractivity contribution in [1.29, 1.82) is 0 Å². The molecule has 1 heterocycles. The van der Waals surface area contributed by atoms with Crippen LogP contribution in [-0.2, 0) is 10.0 Å². The van der Waals surface area contributed by atoms with Gasteiger partial charge in [0.25, 0.3) is 0 Å². The van der Waals surface area contributed by atoms with Crippen LogP contribution in [0.4, 0.5) is 19.3 Å². The molecular formula is C26H24F2N2O8S. The summed E-state index contributed by atoms with van der Waals surface area (Å²) in [6.45, 7) is -0.676. The van der Waals surface area contributed by atoms with E-state index in [0.717, 1.165) is 22.7 Å². The molecule has 0 fully saturated rings. The van der Waals surface area contributed by atoms with Gasteiger partial charge in [0.1, 0.15) is 22.9 Å². The van der Waals surface area contributed by atoms with E-state index in [1.165, 1.54) is 38.4 Å². The zero-order valence-corrected chi connectivity index (χ0v) is 21.8. The summed E-state index contributed by atoms with van der Waals surface area (Å²) in [6.07, 6.45) is 0.202. The standard InChI is InChI=1S/C26H24F2N2O8S/c1-29-26(32)38-25-18-13-23(35-2)20(30(10-11-31)39(3,33)34)14-22(18)37-24(25)15-4-7-17(8-5-15)36-21-9-6-16(27)12-19(21)28/h4-9,12-14,31H,10-11H2,1-3H3,(H,29,32). The minimum atomic E-state index is -3.80. The van der Waals surface area contributed by atoms with Gasteiger partial charge in [-0.1, -0.05) is 0 Å². The molecule has 10 nitrogen and oxygen atoms in total. The molecular weight excluding hydrogens is 538 g/mol. The Balaban J connectivity index is 1.81. The highest BCUT2D eigenvalue weighted by molar-refractivity contribution is 7.92. The number of benzene rings is 3. The van der Waals surface area contributed by atoms with Crippen LogP contribution in [0.3, 0.4) is 0 Å². The van der Waals surface area contributed by atoms with Gasteiger partial charge < -0.3 is 29.1 Å². The number of halogens is 2. The first-order valence-electron chi connectivity index (χ1n) is 11.4. The third-order valence-corrected chi connectivity index (χ3v) is 6.73. The van der Waals surface area contributed by atoms with E-state index in [0.29, 0.717) is 17.0 Å². The van der Waals surface area contributed by atoms with Gasteiger partial charge in [0.15, 0.2) is 23.1 Å². The number of furan rings is 1. The van der Waals surface area contributed by atoms with E-state index >= 15 is 0 Å². The van der Waals surface area contributed by atoms with E-state index in [9.17, 15) is 27.1 Å². The fourth-order valence-corrected chi connectivity index (χ4v) is 4.71. The fraction of sp³-hybridized carbons (Fsp3) is 0.192. The number of carbonyl (C=O) groups excluding carboxylic acids is 1. The quantitative estimate of drug-likeness (QED) is 0.302. The normalized spacial score (nSPS) is 11.3. The number of methoxy groups -OCH3 is 1. The molecule has 206 valence electrons. The number of nitrogens with zero attached hydrogens (tertiary/aromatic N) is 1.